The Balaban J connectivity index is 2.26. The Morgan fingerprint density at radius 2 is 1.84 bits per heavy atom. The van der Waals surface area contributed by atoms with Crippen molar-refractivity contribution in [3.63, 3.8) is 0 Å². The minimum Gasteiger partial charge on any atom is -0.467 e. The van der Waals surface area contributed by atoms with Crippen LogP contribution in [0.2, 0.25) is 0 Å². The molecule has 0 spiro atoms. The number of nitrogens with zero attached hydrogens (tertiary/aromatic N) is 1. The lowest BCUT2D eigenvalue weighted by molar-refractivity contribution is -0.143. The number of ether oxygens (including phenoxy) is 2. The highest BCUT2D eigenvalue weighted by Gasteiger charge is 2.26. The van der Waals surface area contributed by atoms with Crippen molar-refractivity contribution in [1.82, 2.24) is 15.6 Å². The van der Waals surface area contributed by atoms with E-state index >= 15 is 0 Å². The van der Waals surface area contributed by atoms with Gasteiger partial charge in [-0.05, 0) is 32.8 Å². The molecule has 0 saturated heterocycles. The fraction of sp³-hybridized carbons (Fsp3) is 0.478. The molecule has 0 unspecified atom stereocenters. The molecule has 1 aromatic carbocycles. The van der Waals surface area contributed by atoms with Gasteiger partial charge in [-0.1, -0.05) is 50.1 Å². The van der Waals surface area contributed by atoms with Gasteiger partial charge < -0.3 is 20.1 Å². The fourth-order valence-corrected chi connectivity index (χ4v) is 3.87. The fourth-order valence-electron chi connectivity index (χ4n) is 2.87. The van der Waals surface area contributed by atoms with E-state index in [2.05, 4.69) is 15.6 Å². The third-order valence-corrected chi connectivity index (χ3v) is 5.45. The second kappa shape index (κ2) is 11.6. The van der Waals surface area contributed by atoms with Crippen molar-refractivity contribution in [1.29, 1.82) is 0 Å². The maximum atomic E-state index is 13.1. The van der Waals surface area contributed by atoms with E-state index in [-0.39, 0.29) is 12.2 Å². The number of unbranched alkanes of at least 4 members (excludes halogenated alkanes) is 1. The molecule has 1 heterocycles. The number of nitrogens with one attached hydrogen (secondary N) is 2. The van der Waals surface area contributed by atoms with E-state index in [0.29, 0.717) is 16.3 Å². The van der Waals surface area contributed by atoms with Crippen LogP contribution >= 0.6 is 11.3 Å². The molecule has 0 aliphatic heterocycles. The number of aromatic nitrogens is 1. The minimum atomic E-state index is -0.749. The Bertz CT molecular complexity index is 921. The van der Waals surface area contributed by atoms with Crippen LogP contribution < -0.4 is 10.6 Å². The number of thiazole rings is 1. The summed E-state index contributed by atoms with van der Waals surface area (Å²) in [6, 6.07) is 8.63. The van der Waals surface area contributed by atoms with Crippen molar-refractivity contribution < 1.29 is 23.9 Å². The Morgan fingerprint density at radius 3 is 2.44 bits per heavy atom. The first-order valence-electron chi connectivity index (χ1n) is 10.5. The number of amides is 2. The molecule has 174 valence electrons. The first-order chi connectivity index (χ1) is 15.1. The molecule has 0 aliphatic rings. The quantitative estimate of drug-likeness (QED) is 0.540. The standard InChI is InChI=1S/C23H31N3O5S/c1-6-7-13-16(21(28)30-5)25-20(27)18-19(15-11-9-8-10-12-15)32-17(26-18)14-24-22(29)31-23(2,3)4/h8-12,16H,6-7,13-14H2,1-5H3,(H,24,29)(H,25,27)/t16-/m0/s1. The summed E-state index contributed by atoms with van der Waals surface area (Å²) in [6.07, 6.45) is 1.57. The van der Waals surface area contributed by atoms with Gasteiger partial charge >= 0.3 is 12.1 Å². The summed E-state index contributed by atoms with van der Waals surface area (Å²) < 4.78 is 10.1. The molecule has 2 rings (SSSR count). The van der Waals surface area contributed by atoms with Gasteiger partial charge in [0.2, 0.25) is 0 Å². The molecule has 0 saturated carbocycles. The highest BCUT2D eigenvalue weighted by Crippen LogP contribution is 2.30. The molecule has 2 amide bonds. The maximum absolute atomic E-state index is 13.1. The summed E-state index contributed by atoms with van der Waals surface area (Å²) in [4.78, 5) is 42.3. The van der Waals surface area contributed by atoms with E-state index in [1.54, 1.807) is 20.8 Å². The van der Waals surface area contributed by atoms with E-state index in [4.69, 9.17) is 9.47 Å². The molecule has 0 aliphatic carbocycles. The summed E-state index contributed by atoms with van der Waals surface area (Å²) in [7, 11) is 1.30. The molecular formula is C23H31N3O5S. The zero-order valence-corrected chi connectivity index (χ0v) is 20.0. The number of rotatable bonds is 9. The van der Waals surface area contributed by atoms with Gasteiger partial charge in [0.1, 0.15) is 22.3 Å². The molecule has 9 heteroatoms. The maximum Gasteiger partial charge on any atom is 0.408 e. The Labute approximate surface area is 192 Å². The molecule has 8 nitrogen and oxygen atoms in total. The summed E-state index contributed by atoms with van der Waals surface area (Å²) >= 11 is 1.30. The van der Waals surface area contributed by atoms with Crippen LogP contribution in [0.4, 0.5) is 4.79 Å². The monoisotopic (exact) mass is 461 g/mol. The first-order valence-corrected chi connectivity index (χ1v) is 11.4. The SMILES string of the molecule is CCCC[C@H](NC(=O)c1nc(CNC(=O)OC(C)(C)C)sc1-c1ccccc1)C(=O)OC. The molecule has 0 radical (unpaired) electrons. The number of carbonyl (C=O) groups excluding carboxylic acids is 3. The van der Waals surface area contributed by atoms with Crippen LogP contribution in [0.3, 0.4) is 0 Å². The predicted molar refractivity (Wildman–Crippen MR) is 123 cm³/mol. The number of hydrogen-bond donors (Lipinski definition) is 2. The van der Waals surface area contributed by atoms with Crippen LogP contribution in [0, 0.1) is 0 Å². The van der Waals surface area contributed by atoms with Gasteiger partial charge in [-0.3, -0.25) is 4.79 Å². The van der Waals surface area contributed by atoms with Crippen LogP contribution in [0.1, 0.15) is 62.5 Å². The lowest BCUT2D eigenvalue weighted by Gasteiger charge is -2.19. The van der Waals surface area contributed by atoms with E-state index in [1.807, 2.05) is 37.3 Å². The molecule has 2 N–H and O–H groups in total. The number of carbonyl (C=O) groups is 3. The molecule has 32 heavy (non-hydrogen) atoms. The van der Waals surface area contributed by atoms with E-state index in [9.17, 15) is 14.4 Å². The number of alkyl carbamates (subject to hydrolysis) is 1. The van der Waals surface area contributed by atoms with Crippen LogP contribution in [0.5, 0.6) is 0 Å². The van der Waals surface area contributed by atoms with Gasteiger partial charge in [-0.25, -0.2) is 14.6 Å². The zero-order chi connectivity index (χ0) is 23.7. The van der Waals surface area contributed by atoms with Gasteiger partial charge in [0.25, 0.3) is 5.91 Å². The molecule has 0 fully saturated rings. The van der Waals surface area contributed by atoms with E-state index in [0.717, 1.165) is 18.4 Å². The number of esters is 1. The highest BCUT2D eigenvalue weighted by molar-refractivity contribution is 7.15. The first kappa shape index (κ1) is 25.3. The van der Waals surface area contributed by atoms with Crippen molar-refractivity contribution in [3.8, 4) is 10.4 Å². The Kier molecular flexibility index (Phi) is 9.19. The van der Waals surface area contributed by atoms with Crippen molar-refractivity contribution in [2.24, 2.45) is 0 Å². The third-order valence-electron chi connectivity index (χ3n) is 4.34. The van der Waals surface area contributed by atoms with E-state index < -0.39 is 29.6 Å². The second-order valence-corrected chi connectivity index (χ2v) is 9.28. The Morgan fingerprint density at radius 1 is 1.16 bits per heavy atom. The van der Waals surface area contributed by atoms with Crippen molar-refractivity contribution in [3.05, 3.63) is 41.0 Å². The average Bonchev–Trinajstić information content (AvgIpc) is 3.18. The number of hydrogen-bond acceptors (Lipinski definition) is 7. The minimum absolute atomic E-state index is 0.114. The van der Waals surface area contributed by atoms with Crippen LogP contribution in [-0.4, -0.2) is 41.7 Å². The van der Waals surface area contributed by atoms with Crippen molar-refractivity contribution in [2.45, 2.75) is 65.1 Å². The van der Waals surface area contributed by atoms with Crippen molar-refractivity contribution in [2.75, 3.05) is 7.11 Å². The van der Waals surface area contributed by atoms with Gasteiger partial charge in [0, 0.05) is 0 Å². The number of benzene rings is 1. The lowest BCUT2D eigenvalue weighted by Crippen LogP contribution is -2.41. The molecule has 1 aromatic heterocycles. The molecule has 0 bridgehead atoms. The molecule has 1 atom stereocenters. The zero-order valence-electron chi connectivity index (χ0n) is 19.2. The smallest absolute Gasteiger partial charge is 0.408 e. The van der Waals surface area contributed by atoms with Crippen LogP contribution in [0.15, 0.2) is 30.3 Å². The van der Waals surface area contributed by atoms with Gasteiger partial charge in [-0.2, -0.15) is 0 Å². The predicted octanol–water partition coefficient (Wildman–Crippen LogP) is 4.30. The van der Waals surface area contributed by atoms with Gasteiger partial charge in [-0.15, -0.1) is 11.3 Å². The lowest BCUT2D eigenvalue weighted by atomic mass is 10.1. The van der Waals surface area contributed by atoms with Crippen molar-refractivity contribution >= 4 is 29.3 Å². The summed E-state index contributed by atoms with van der Waals surface area (Å²) in [5.41, 5.74) is 0.406. The molecular weight excluding hydrogens is 430 g/mol. The third kappa shape index (κ3) is 7.64. The van der Waals surface area contributed by atoms with E-state index in [1.165, 1.54) is 18.4 Å². The van der Waals surface area contributed by atoms with Gasteiger partial charge in [0.15, 0.2) is 0 Å². The summed E-state index contributed by atoms with van der Waals surface area (Å²) in [6.45, 7) is 7.46. The largest absolute Gasteiger partial charge is 0.467 e. The summed E-state index contributed by atoms with van der Waals surface area (Å²) in [5, 5.41) is 5.96. The number of methoxy groups -OCH3 is 1. The summed E-state index contributed by atoms with van der Waals surface area (Å²) in [5.74, 6) is -0.953. The molecule has 2 aromatic rings. The average molecular weight is 462 g/mol. The normalized spacial score (nSPS) is 12.0. The van der Waals surface area contributed by atoms with Crippen LogP contribution in [-0.2, 0) is 20.8 Å². The Hall–Kier alpha value is -2.94. The van der Waals surface area contributed by atoms with Crippen LogP contribution in [0.25, 0.3) is 10.4 Å². The topological polar surface area (TPSA) is 107 Å². The van der Waals surface area contributed by atoms with Gasteiger partial charge in [0.05, 0.1) is 18.5 Å². The highest BCUT2D eigenvalue weighted by atomic mass is 32.1. The second-order valence-electron chi connectivity index (χ2n) is 8.20.